The molecular formula is C21H17N3O6S2. The van der Waals surface area contributed by atoms with Gasteiger partial charge in [-0.05, 0) is 24.3 Å². The van der Waals surface area contributed by atoms with Crippen LogP contribution in [0.5, 0.6) is 11.5 Å². The van der Waals surface area contributed by atoms with Crippen molar-refractivity contribution in [1.82, 2.24) is 0 Å². The standard InChI is InChI=1S/C21H17N3O6S2/c25-20-19(32-21(31)23(20)14-2-4-17-18(11-14)30-12-29-17)10-13-9-15(24(26)27)1-3-16(13)22-5-7-28-8-6-22/h1-4,9-11H,5-8,12H2/b19-10-. The molecule has 0 unspecified atom stereocenters. The molecule has 0 radical (unpaired) electrons. The third-order valence-electron chi connectivity index (χ3n) is 5.27. The molecule has 3 aliphatic heterocycles. The van der Waals surface area contributed by atoms with E-state index in [-0.39, 0.29) is 18.4 Å². The minimum atomic E-state index is -0.446. The Hall–Kier alpha value is -3.15. The number of carbonyl (C=O) groups is 1. The molecule has 0 aliphatic carbocycles. The first-order valence-corrected chi connectivity index (χ1v) is 11.0. The Balaban J connectivity index is 1.50. The molecule has 32 heavy (non-hydrogen) atoms. The molecule has 3 heterocycles. The first-order chi connectivity index (χ1) is 15.5. The number of nitro benzene ring substituents is 1. The summed E-state index contributed by atoms with van der Waals surface area (Å²) >= 11 is 6.62. The smallest absolute Gasteiger partial charge is 0.270 e. The number of hydrogen-bond donors (Lipinski definition) is 0. The summed E-state index contributed by atoms with van der Waals surface area (Å²) in [6.07, 6.45) is 1.67. The van der Waals surface area contributed by atoms with Crippen molar-refractivity contribution in [3.63, 3.8) is 0 Å². The Morgan fingerprint density at radius 3 is 2.66 bits per heavy atom. The van der Waals surface area contributed by atoms with Gasteiger partial charge in [0.25, 0.3) is 11.6 Å². The number of thioether (sulfide) groups is 1. The third-order valence-corrected chi connectivity index (χ3v) is 6.57. The lowest BCUT2D eigenvalue weighted by Gasteiger charge is -2.30. The molecule has 0 atom stereocenters. The van der Waals surface area contributed by atoms with Crippen molar-refractivity contribution >= 4 is 57.3 Å². The highest BCUT2D eigenvalue weighted by Crippen LogP contribution is 2.41. The quantitative estimate of drug-likeness (QED) is 0.287. The van der Waals surface area contributed by atoms with Crippen LogP contribution >= 0.6 is 24.0 Å². The van der Waals surface area contributed by atoms with Gasteiger partial charge in [0.2, 0.25) is 6.79 Å². The Morgan fingerprint density at radius 1 is 1.09 bits per heavy atom. The van der Waals surface area contributed by atoms with Gasteiger partial charge in [0.1, 0.15) is 0 Å². The highest BCUT2D eigenvalue weighted by atomic mass is 32.2. The lowest BCUT2D eigenvalue weighted by Crippen LogP contribution is -2.36. The highest BCUT2D eigenvalue weighted by Gasteiger charge is 2.34. The Bertz CT molecular complexity index is 1160. The van der Waals surface area contributed by atoms with Crippen molar-refractivity contribution in [2.75, 3.05) is 42.9 Å². The number of amides is 1. The van der Waals surface area contributed by atoms with Gasteiger partial charge in [-0.1, -0.05) is 24.0 Å². The molecule has 0 spiro atoms. The van der Waals surface area contributed by atoms with Crippen molar-refractivity contribution in [3.05, 3.63) is 57.0 Å². The van der Waals surface area contributed by atoms with Gasteiger partial charge in [-0.15, -0.1) is 0 Å². The molecule has 0 bridgehead atoms. The number of nitro groups is 1. The topological polar surface area (TPSA) is 94.4 Å². The van der Waals surface area contributed by atoms with E-state index in [1.165, 1.54) is 17.0 Å². The molecule has 2 aromatic rings. The van der Waals surface area contributed by atoms with Gasteiger partial charge < -0.3 is 19.1 Å². The normalized spacial score (nSPS) is 19.2. The molecular weight excluding hydrogens is 454 g/mol. The number of hydrogen-bond acceptors (Lipinski definition) is 9. The minimum Gasteiger partial charge on any atom is -0.454 e. The Morgan fingerprint density at radius 2 is 1.88 bits per heavy atom. The zero-order chi connectivity index (χ0) is 22.2. The van der Waals surface area contributed by atoms with Crippen molar-refractivity contribution in [2.45, 2.75) is 0 Å². The zero-order valence-corrected chi connectivity index (χ0v) is 18.3. The summed E-state index contributed by atoms with van der Waals surface area (Å²) < 4.78 is 16.5. The minimum absolute atomic E-state index is 0.0421. The van der Waals surface area contributed by atoms with Gasteiger partial charge in [0, 0.05) is 42.5 Å². The summed E-state index contributed by atoms with van der Waals surface area (Å²) in [5, 5.41) is 11.4. The van der Waals surface area contributed by atoms with E-state index in [2.05, 4.69) is 4.90 Å². The summed E-state index contributed by atoms with van der Waals surface area (Å²) in [6.45, 7) is 2.60. The van der Waals surface area contributed by atoms with E-state index >= 15 is 0 Å². The molecule has 3 aliphatic rings. The molecule has 2 fully saturated rings. The predicted molar refractivity (Wildman–Crippen MR) is 124 cm³/mol. The second-order valence-corrected chi connectivity index (χ2v) is 8.83. The van der Waals surface area contributed by atoms with E-state index in [0.717, 1.165) is 17.4 Å². The van der Waals surface area contributed by atoms with Crippen LogP contribution in [0.3, 0.4) is 0 Å². The molecule has 1 amide bonds. The molecule has 11 heteroatoms. The average molecular weight is 472 g/mol. The average Bonchev–Trinajstić information content (AvgIpc) is 3.37. The summed E-state index contributed by atoms with van der Waals surface area (Å²) in [6, 6.07) is 9.86. The van der Waals surface area contributed by atoms with E-state index in [9.17, 15) is 14.9 Å². The van der Waals surface area contributed by atoms with Crippen LogP contribution in [0.25, 0.3) is 6.08 Å². The second kappa shape index (κ2) is 8.41. The summed E-state index contributed by atoms with van der Waals surface area (Å²) in [7, 11) is 0. The SMILES string of the molecule is O=C1/C(=C/c2cc([N+](=O)[O-])ccc2N2CCOCC2)SC(=S)N1c1ccc2c(c1)OCO2. The lowest BCUT2D eigenvalue weighted by molar-refractivity contribution is -0.384. The van der Waals surface area contributed by atoms with Crippen molar-refractivity contribution < 1.29 is 23.9 Å². The van der Waals surface area contributed by atoms with E-state index in [1.807, 2.05) is 0 Å². The lowest BCUT2D eigenvalue weighted by atomic mass is 10.1. The van der Waals surface area contributed by atoms with Gasteiger partial charge in [-0.3, -0.25) is 19.8 Å². The predicted octanol–water partition coefficient (Wildman–Crippen LogP) is 3.57. The Labute approximate surface area is 192 Å². The van der Waals surface area contributed by atoms with Crippen LogP contribution < -0.4 is 19.3 Å². The van der Waals surface area contributed by atoms with Crippen molar-refractivity contribution in [2.24, 2.45) is 0 Å². The molecule has 5 rings (SSSR count). The first-order valence-electron chi connectivity index (χ1n) is 9.80. The summed E-state index contributed by atoms with van der Waals surface area (Å²) in [5.74, 6) is 0.869. The molecule has 2 aromatic carbocycles. The Kier molecular flexibility index (Phi) is 5.45. The number of rotatable bonds is 4. The summed E-state index contributed by atoms with van der Waals surface area (Å²) in [4.78, 5) is 28.1. The first kappa shape index (κ1) is 20.7. The second-order valence-electron chi connectivity index (χ2n) is 7.15. The number of non-ortho nitro benzene ring substituents is 1. The highest BCUT2D eigenvalue weighted by molar-refractivity contribution is 8.27. The maximum Gasteiger partial charge on any atom is 0.270 e. The molecule has 9 nitrogen and oxygen atoms in total. The number of morpholine rings is 1. The van der Waals surface area contributed by atoms with E-state index in [4.69, 9.17) is 26.4 Å². The molecule has 0 N–H and O–H groups in total. The van der Waals surface area contributed by atoms with Gasteiger partial charge in [0.15, 0.2) is 15.8 Å². The van der Waals surface area contributed by atoms with Gasteiger partial charge in [0.05, 0.1) is 28.7 Å². The maximum absolute atomic E-state index is 13.2. The largest absolute Gasteiger partial charge is 0.454 e. The van der Waals surface area contributed by atoms with E-state index in [0.29, 0.717) is 58.3 Å². The number of anilines is 2. The van der Waals surface area contributed by atoms with Crippen LogP contribution in [0.15, 0.2) is 41.3 Å². The number of fused-ring (bicyclic) bond motifs is 1. The van der Waals surface area contributed by atoms with Crippen molar-refractivity contribution in [3.8, 4) is 11.5 Å². The van der Waals surface area contributed by atoms with E-state index in [1.54, 1.807) is 30.3 Å². The molecule has 0 aromatic heterocycles. The number of benzene rings is 2. The molecule has 2 saturated heterocycles. The number of carbonyl (C=O) groups excluding carboxylic acids is 1. The fourth-order valence-corrected chi connectivity index (χ4v) is 5.01. The van der Waals surface area contributed by atoms with Gasteiger partial charge in [-0.2, -0.15) is 0 Å². The van der Waals surface area contributed by atoms with Gasteiger partial charge >= 0.3 is 0 Å². The fraction of sp³-hybridized carbons (Fsp3) is 0.238. The zero-order valence-electron chi connectivity index (χ0n) is 16.7. The third kappa shape index (κ3) is 3.78. The molecule has 164 valence electrons. The summed E-state index contributed by atoms with van der Waals surface area (Å²) in [5.41, 5.74) is 1.94. The number of nitrogens with zero attached hydrogens (tertiary/aromatic N) is 3. The monoisotopic (exact) mass is 471 g/mol. The maximum atomic E-state index is 13.2. The van der Waals surface area contributed by atoms with Gasteiger partial charge in [-0.25, -0.2) is 0 Å². The van der Waals surface area contributed by atoms with Crippen LogP contribution in [-0.4, -0.2) is 48.2 Å². The van der Waals surface area contributed by atoms with Crippen LogP contribution in [0.1, 0.15) is 5.56 Å². The van der Waals surface area contributed by atoms with Crippen LogP contribution in [0.4, 0.5) is 17.1 Å². The van der Waals surface area contributed by atoms with Crippen LogP contribution in [0, 0.1) is 10.1 Å². The van der Waals surface area contributed by atoms with Crippen LogP contribution in [-0.2, 0) is 9.53 Å². The molecule has 0 saturated carbocycles. The van der Waals surface area contributed by atoms with Crippen LogP contribution in [0.2, 0.25) is 0 Å². The van der Waals surface area contributed by atoms with Crippen molar-refractivity contribution in [1.29, 1.82) is 0 Å². The number of thiocarbonyl (C=S) groups is 1. The van der Waals surface area contributed by atoms with E-state index < -0.39 is 4.92 Å². The fourth-order valence-electron chi connectivity index (χ4n) is 3.72. The number of ether oxygens (including phenoxy) is 3.